The zero-order chi connectivity index (χ0) is 18.6. The van der Waals surface area contributed by atoms with Gasteiger partial charge in [-0.1, -0.05) is 27.2 Å². The molecule has 1 saturated heterocycles. The Morgan fingerprint density at radius 1 is 1.20 bits per heavy atom. The van der Waals surface area contributed by atoms with Gasteiger partial charge < -0.3 is 10.2 Å². The first-order valence-electron chi connectivity index (χ1n) is 9.59. The van der Waals surface area contributed by atoms with Crippen molar-refractivity contribution < 1.29 is 14.4 Å². The van der Waals surface area contributed by atoms with Crippen molar-refractivity contribution in [3.05, 3.63) is 0 Å². The highest BCUT2D eigenvalue weighted by atomic mass is 16.2. The monoisotopic (exact) mass is 351 g/mol. The van der Waals surface area contributed by atoms with E-state index in [1.807, 2.05) is 0 Å². The molecule has 0 radical (unpaired) electrons. The summed E-state index contributed by atoms with van der Waals surface area (Å²) >= 11 is 0. The molecule has 142 valence electrons. The summed E-state index contributed by atoms with van der Waals surface area (Å²) in [4.78, 5) is 38.2. The van der Waals surface area contributed by atoms with Gasteiger partial charge in [0.1, 0.15) is 6.54 Å². The molecule has 1 N–H and O–H groups in total. The van der Waals surface area contributed by atoms with E-state index >= 15 is 0 Å². The molecular weight excluding hydrogens is 318 g/mol. The number of hydrogen-bond acceptors (Lipinski definition) is 3. The van der Waals surface area contributed by atoms with Crippen LogP contribution in [0, 0.1) is 11.3 Å². The quantitative estimate of drug-likeness (QED) is 0.717. The lowest BCUT2D eigenvalue weighted by atomic mass is 9.69. The number of carbonyl (C=O) groups is 3. The second-order valence-electron chi connectivity index (χ2n) is 8.25. The SMILES string of the molecule is CCC(C)(C)C1CCC(NC(=O)CCCN2C(=O)CN(C)C2=O)CC1. The minimum atomic E-state index is -0.262. The number of amides is 4. The highest BCUT2D eigenvalue weighted by Gasteiger charge is 2.34. The number of nitrogens with one attached hydrogen (secondary N) is 1. The van der Waals surface area contributed by atoms with Gasteiger partial charge in [-0.15, -0.1) is 0 Å². The summed E-state index contributed by atoms with van der Waals surface area (Å²) in [5, 5.41) is 3.13. The molecule has 0 unspecified atom stereocenters. The summed E-state index contributed by atoms with van der Waals surface area (Å²) in [5.41, 5.74) is 0.386. The van der Waals surface area contributed by atoms with Crippen LogP contribution in [0.5, 0.6) is 0 Å². The first kappa shape index (κ1) is 19.7. The summed E-state index contributed by atoms with van der Waals surface area (Å²) in [5.74, 6) is 0.602. The molecule has 2 fully saturated rings. The maximum absolute atomic E-state index is 12.1. The van der Waals surface area contributed by atoms with Gasteiger partial charge in [-0.3, -0.25) is 14.5 Å². The maximum Gasteiger partial charge on any atom is 0.326 e. The average Bonchev–Trinajstić information content (AvgIpc) is 2.81. The lowest BCUT2D eigenvalue weighted by molar-refractivity contribution is -0.126. The fourth-order valence-electron chi connectivity index (χ4n) is 3.89. The molecule has 0 aromatic carbocycles. The number of carbonyl (C=O) groups excluding carboxylic acids is 3. The molecule has 6 heteroatoms. The Hall–Kier alpha value is -1.59. The van der Waals surface area contributed by atoms with Crippen LogP contribution in [0.3, 0.4) is 0 Å². The van der Waals surface area contributed by atoms with E-state index in [-0.39, 0.29) is 30.4 Å². The summed E-state index contributed by atoms with van der Waals surface area (Å²) < 4.78 is 0. The Balaban J connectivity index is 1.67. The van der Waals surface area contributed by atoms with Crippen molar-refractivity contribution in [2.75, 3.05) is 20.1 Å². The molecule has 0 aromatic rings. The largest absolute Gasteiger partial charge is 0.353 e. The van der Waals surface area contributed by atoms with Crippen LogP contribution in [0.15, 0.2) is 0 Å². The van der Waals surface area contributed by atoms with Crippen molar-refractivity contribution in [2.45, 2.75) is 71.8 Å². The van der Waals surface area contributed by atoms with E-state index in [2.05, 4.69) is 26.1 Å². The molecule has 1 aliphatic heterocycles. The Morgan fingerprint density at radius 3 is 2.36 bits per heavy atom. The number of likely N-dealkylation sites (N-methyl/N-ethyl adjacent to an activating group) is 1. The summed E-state index contributed by atoms with van der Waals surface area (Å²) in [6.45, 7) is 7.40. The van der Waals surface area contributed by atoms with Gasteiger partial charge in [0.25, 0.3) is 0 Å². The van der Waals surface area contributed by atoms with Crippen molar-refractivity contribution in [3.8, 4) is 0 Å². The van der Waals surface area contributed by atoms with Crippen LogP contribution >= 0.6 is 0 Å². The van der Waals surface area contributed by atoms with Crippen LogP contribution in [0.1, 0.15) is 65.7 Å². The van der Waals surface area contributed by atoms with E-state index in [4.69, 9.17) is 0 Å². The molecule has 2 rings (SSSR count). The summed E-state index contributed by atoms with van der Waals surface area (Å²) in [6.07, 6.45) is 6.53. The Kier molecular flexibility index (Phi) is 6.47. The molecule has 1 aliphatic carbocycles. The molecule has 6 nitrogen and oxygen atoms in total. The van der Waals surface area contributed by atoms with E-state index in [1.54, 1.807) is 7.05 Å². The van der Waals surface area contributed by atoms with E-state index in [0.717, 1.165) is 18.8 Å². The minimum absolute atomic E-state index is 0.0330. The van der Waals surface area contributed by atoms with Gasteiger partial charge in [0.15, 0.2) is 0 Å². The molecule has 0 aromatic heterocycles. The molecule has 1 saturated carbocycles. The number of urea groups is 1. The van der Waals surface area contributed by atoms with Gasteiger partial charge in [0, 0.05) is 26.1 Å². The first-order valence-corrected chi connectivity index (χ1v) is 9.59. The molecule has 0 spiro atoms. The number of nitrogens with zero attached hydrogens (tertiary/aromatic N) is 2. The van der Waals surface area contributed by atoms with E-state index in [0.29, 0.717) is 24.8 Å². The molecular formula is C19H33N3O3. The second kappa shape index (κ2) is 8.19. The fourth-order valence-corrected chi connectivity index (χ4v) is 3.89. The summed E-state index contributed by atoms with van der Waals surface area (Å²) in [6, 6.07) is 0.0138. The highest BCUT2D eigenvalue weighted by molar-refractivity contribution is 6.01. The van der Waals surface area contributed by atoms with Crippen molar-refractivity contribution in [1.29, 1.82) is 0 Å². The number of imide groups is 1. The average molecular weight is 351 g/mol. The van der Waals surface area contributed by atoms with Gasteiger partial charge in [0.2, 0.25) is 11.8 Å². The molecule has 25 heavy (non-hydrogen) atoms. The smallest absolute Gasteiger partial charge is 0.326 e. The van der Waals surface area contributed by atoms with Crippen LogP contribution in [0.25, 0.3) is 0 Å². The predicted molar refractivity (Wildman–Crippen MR) is 96.9 cm³/mol. The van der Waals surface area contributed by atoms with Gasteiger partial charge in [-0.2, -0.15) is 0 Å². The Bertz CT molecular complexity index is 510. The van der Waals surface area contributed by atoms with Crippen LogP contribution in [0.2, 0.25) is 0 Å². The predicted octanol–water partition coefficient (Wildman–Crippen LogP) is 2.77. The Labute approximate surface area is 151 Å². The third-order valence-electron chi connectivity index (χ3n) is 6.13. The third kappa shape index (κ3) is 4.95. The number of rotatable bonds is 7. The third-order valence-corrected chi connectivity index (χ3v) is 6.13. The molecule has 2 aliphatic rings. The van der Waals surface area contributed by atoms with Crippen molar-refractivity contribution in [2.24, 2.45) is 11.3 Å². The van der Waals surface area contributed by atoms with Gasteiger partial charge in [-0.05, 0) is 43.4 Å². The second-order valence-corrected chi connectivity index (χ2v) is 8.25. The van der Waals surface area contributed by atoms with Gasteiger partial charge in [0.05, 0.1) is 0 Å². The topological polar surface area (TPSA) is 69.7 Å². The van der Waals surface area contributed by atoms with E-state index < -0.39 is 0 Å². The van der Waals surface area contributed by atoms with Crippen LogP contribution in [-0.4, -0.2) is 53.8 Å². The van der Waals surface area contributed by atoms with Crippen LogP contribution in [0.4, 0.5) is 4.79 Å². The van der Waals surface area contributed by atoms with Crippen LogP contribution in [-0.2, 0) is 9.59 Å². The van der Waals surface area contributed by atoms with E-state index in [1.165, 1.54) is 29.1 Å². The maximum atomic E-state index is 12.1. The van der Waals surface area contributed by atoms with Gasteiger partial charge >= 0.3 is 6.03 Å². The molecule has 4 amide bonds. The van der Waals surface area contributed by atoms with Crippen molar-refractivity contribution in [1.82, 2.24) is 15.1 Å². The lowest BCUT2D eigenvalue weighted by Gasteiger charge is -2.39. The van der Waals surface area contributed by atoms with Crippen LogP contribution < -0.4 is 5.32 Å². The first-order chi connectivity index (χ1) is 11.7. The fraction of sp³-hybridized carbons (Fsp3) is 0.842. The summed E-state index contributed by atoms with van der Waals surface area (Å²) in [7, 11) is 1.61. The highest BCUT2D eigenvalue weighted by Crippen LogP contribution is 2.40. The Morgan fingerprint density at radius 2 is 1.84 bits per heavy atom. The molecule has 1 heterocycles. The van der Waals surface area contributed by atoms with Gasteiger partial charge in [-0.25, -0.2) is 4.79 Å². The zero-order valence-electron chi connectivity index (χ0n) is 16.1. The van der Waals surface area contributed by atoms with Crippen molar-refractivity contribution in [3.63, 3.8) is 0 Å². The minimum Gasteiger partial charge on any atom is -0.353 e. The van der Waals surface area contributed by atoms with E-state index in [9.17, 15) is 14.4 Å². The molecule has 0 atom stereocenters. The number of hydrogen-bond donors (Lipinski definition) is 1. The normalized spacial score (nSPS) is 24.8. The standard InChI is InChI=1S/C19H33N3O3/c1-5-19(2,3)14-8-10-15(11-9-14)20-16(23)7-6-12-22-17(24)13-21(4)18(22)25/h14-15H,5-13H2,1-4H3,(H,20,23). The lowest BCUT2D eigenvalue weighted by Crippen LogP contribution is -2.40. The van der Waals surface area contributed by atoms with Crippen molar-refractivity contribution >= 4 is 17.8 Å². The molecule has 0 bridgehead atoms. The zero-order valence-corrected chi connectivity index (χ0v) is 16.1.